The van der Waals surface area contributed by atoms with Gasteiger partial charge in [-0.05, 0) is 17.7 Å². The van der Waals surface area contributed by atoms with Crippen molar-refractivity contribution in [2.75, 3.05) is 6.54 Å². The van der Waals surface area contributed by atoms with Gasteiger partial charge in [0.05, 0.1) is 5.38 Å². The zero-order valence-electron chi connectivity index (χ0n) is 10.5. The molecule has 1 unspecified atom stereocenters. The van der Waals surface area contributed by atoms with Gasteiger partial charge in [0.2, 0.25) is 5.91 Å². The lowest BCUT2D eigenvalue weighted by Gasteiger charge is -2.24. The molecule has 1 heterocycles. The number of hydrogen-bond donors (Lipinski definition) is 3. The highest BCUT2D eigenvalue weighted by Crippen LogP contribution is 2.27. The van der Waals surface area contributed by atoms with Gasteiger partial charge in [0.1, 0.15) is 6.04 Å². The van der Waals surface area contributed by atoms with Gasteiger partial charge in [-0.25, -0.2) is 4.79 Å². The largest absolute Gasteiger partial charge is 0.504 e. The first-order valence-corrected chi connectivity index (χ1v) is 6.49. The molecule has 0 spiro atoms. The van der Waals surface area contributed by atoms with Crippen molar-refractivity contribution in [1.82, 2.24) is 4.90 Å². The smallest absolute Gasteiger partial charge is 0.326 e. The fraction of sp³-hybridized carbons (Fsp3) is 0.385. The maximum absolute atomic E-state index is 11.7. The van der Waals surface area contributed by atoms with Crippen LogP contribution in [0.5, 0.6) is 11.5 Å². The van der Waals surface area contributed by atoms with Crippen LogP contribution < -0.4 is 0 Å². The van der Waals surface area contributed by atoms with E-state index in [-0.39, 0.29) is 42.2 Å². The third-order valence-corrected chi connectivity index (χ3v) is 3.53. The van der Waals surface area contributed by atoms with Crippen molar-refractivity contribution < 1.29 is 24.9 Å². The molecule has 20 heavy (non-hydrogen) atoms. The van der Waals surface area contributed by atoms with Crippen LogP contribution in [0.4, 0.5) is 0 Å². The fourth-order valence-corrected chi connectivity index (χ4v) is 2.52. The molecular formula is C13H14ClNO5. The summed E-state index contributed by atoms with van der Waals surface area (Å²) in [5.41, 5.74) is 0.513. The summed E-state index contributed by atoms with van der Waals surface area (Å²) in [5.74, 6) is -2.02. The average molecular weight is 300 g/mol. The van der Waals surface area contributed by atoms with Crippen molar-refractivity contribution in [3.63, 3.8) is 0 Å². The number of phenols is 2. The number of aromatic hydroxyl groups is 2. The van der Waals surface area contributed by atoms with Gasteiger partial charge < -0.3 is 20.2 Å². The highest BCUT2D eigenvalue weighted by molar-refractivity contribution is 6.22. The van der Waals surface area contributed by atoms with E-state index < -0.39 is 12.0 Å². The lowest BCUT2D eigenvalue weighted by atomic mass is 10.0. The molecule has 1 saturated heterocycles. The summed E-state index contributed by atoms with van der Waals surface area (Å²) < 4.78 is 0. The van der Waals surface area contributed by atoms with E-state index in [0.717, 1.165) is 0 Å². The molecule has 6 nitrogen and oxygen atoms in total. The van der Waals surface area contributed by atoms with Gasteiger partial charge in [-0.3, -0.25) is 4.79 Å². The number of carboxylic acid groups (broad SMARTS) is 1. The predicted molar refractivity (Wildman–Crippen MR) is 70.9 cm³/mol. The number of rotatable bonds is 4. The van der Waals surface area contributed by atoms with Gasteiger partial charge in [-0.2, -0.15) is 0 Å². The Hall–Kier alpha value is -1.95. The minimum atomic E-state index is -1.13. The topological polar surface area (TPSA) is 98.1 Å². The second-order valence-electron chi connectivity index (χ2n) is 4.73. The molecule has 7 heteroatoms. The van der Waals surface area contributed by atoms with Crippen LogP contribution in [0.15, 0.2) is 18.2 Å². The summed E-state index contributed by atoms with van der Waals surface area (Å²) in [6, 6.07) is 3.03. The maximum Gasteiger partial charge on any atom is 0.326 e. The third kappa shape index (κ3) is 2.96. The molecule has 0 saturated carbocycles. The summed E-state index contributed by atoms with van der Waals surface area (Å²) in [7, 11) is 0. The van der Waals surface area contributed by atoms with E-state index in [1.165, 1.54) is 23.1 Å². The number of amides is 1. The molecule has 1 aliphatic rings. The molecule has 108 valence electrons. The zero-order chi connectivity index (χ0) is 14.9. The van der Waals surface area contributed by atoms with Crippen LogP contribution in [0.3, 0.4) is 0 Å². The van der Waals surface area contributed by atoms with Crippen LogP contribution in [-0.2, 0) is 16.0 Å². The number of phenolic OH excluding ortho intramolecular Hbond substituents is 2. The predicted octanol–water partition coefficient (Wildman–Crippen LogP) is 0.933. The molecule has 2 rings (SSSR count). The molecule has 0 bridgehead atoms. The van der Waals surface area contributed by atoms with Crippen LogP contribution >= 0.6 is 11.6 Å². The molecule has 0 aromatic heterocycles. The molecular weight excluding hydrogens is 286 g/mol. The highest BCUT2D eigenvalue weighted by Gasteiger charge is 2.36. The van der Waals surface area contributed by atoms with Gasteiger partial charge >= 0.3 is 5.97 Å². The van der Waals surface area contributed by atoms with Crippen LogP contribution in [0.1, 0.15) is 12.0 Å². The Kier molecular flexibility index (Phi) is 4.04. The van der Waals surface area contributed by atoms with Gasteiger partial charge in [0, 0.05) is 19.4 Å². The lowest BCUT2D eigenvalue weighted by Crippen LogP contribution is -2.43. The normalized spacial score (nSPS) is 20.1. The Morgan fingerprint density at radius 2 is 2.10 bits per heavy atom. The maximum atomic E-state index is 11.7. The van der Waals surface area contributed by atoms with Crippen LogP contribution in [0.2, 0.25) is 0 Å². The molecule has 1 fully saturated rings. The number of carboxylic acids is 1. The average Bonchev–Trinajstić information content (AvgIpc) is 2.69. The molecule has 1 aliphatic heterocycles. The summed E-state index contributed by atoms with van der Waals surface area (Å²) in [4.78, 5) is 24.3. The molecule has 1 aromatic carbocycles. The molecule has 2 atom stereocenters. The van der Waals surface area contributed by atoms with Gasteiger partial charge in [-0.15, -0.1) is 11.6 Å². The fourth-order valence-electron chi connectivity index (χ4n) is 2.24. The quantitative estimate of drug-likeness (QED) is 0.567. The second kappa shape index (κ2) is 5.58. The van der Waals surface area contributed by atoms with Crippen molar-refractivity contribution in [2.24, 2.45) is 0 Å². The van der Waals surface area contributed by atoms with Crippen molar-refractivity contribution in [3.05, 3.63) is 23.8 Å². The number of hydrogen-bond acceptors (Lipinski definition) is 4. The van der Waals surface area contributed by atoms with E-state index >= 15 is 0 Å². The second-order valence-corrected chi connectivity index (χ2v) is 5.35. The van der Waals surface area contributed by atoms with Crippen LogP contribution in [-0.4, -0.2) is 50.1 Å². The van der Waals surface area contributed by atoms with E-state index in [9.17, 15) is 24.9 Å². The molecule has 0 radical (unpaired) electrons. The van der Waals surface area contributed by atoms with E-state index in [0.29, 0.717) is 5.56 Å². The standard InChI is InChI=1S/C13H14ClNO5/c14-8-5-12(18)15(6-8)9(13(19)20)3-7-1-2-10(16)11(17)4-7/h1-2,4,8-9,16-17H,3,5-6H2,(H,19,20)/t8?,9-/m0/s1. The minimum Gasteiger partial charge on any atom is -0.504 e. The van der Waals surface area contributed by atoms with Gasteiger partial charge in [0.25, 0.3) is 0 Å². The van der Waals surface area contributed by atoms with Gasteiger partial charge in [0.15, 0.2) is 11.5 Å². The summed E-state index contributed by atoms with van der Waals surface area (Å²) in [6.07, 6.45) is 0.171. The van der Waals surface area contributed by atoms with E-state index in [1.807, 2.05) is 0 Å². The van der Waals surface area contributed by atoms with Crippen LogP contribution in [0.25, 0.3) is 0 Å². The van der Waals surface area contributed by atoms with Gasteiger partial charge in [-0.1, -0.05) is 6.07 Å². The summed E-state index contributed by atoms with van der Waals surface area (Å²) in [5, 5.41) is 27.5. The molecule has 1 aromatic rings. The monoisotopic (exact) mass is 299 g/mol. The number of nitrogens with zero attached hydrogens (tertiary/aromatic N) is 1. The van der Waals surface area contributed by atoms with E-state index in [2.05, 4.69) is 0 Å². The number of benzene rings is 1. The number of carbonyl (C=O) groups is 2. The summed E-state index contributed by atoms with van der Waals surface area (Å²) in [6.45, 7) is 0.196. The van der Waals surface area contributed by atoms with Crippen molar-refractivity contribution in [1.29, 1.82) is 0 Å². The van der Waals surface area contributed by atoms with Crippen LogP contribution in [0, 0.1) is 0 Å². The molecule has 1 amide bonds. The lowest BCUT2D eigenvalue weighted by molar-refractivity contribution is -0.148. The molecule has 0 aliphatic carbocycles. The highest BCUT2D eigenvalue weighted by atomic mass is 35.5. The Morgan fingerprint density at radius 3 is 2.60 bits per heavy atom. The number of likely N-dealkylation sites (tertiary alicyclic amines) is 1. The Morgan fingerprint density at radius 1 is 1.40 bits per heavy atom. The Balaban J connectivity index is 2.19. The van der Waals surface area contributed by atoms with Crippen molar-refractivity contribution >= 4 is 23.5 Å². The number of aliphatic carboxylic acids is 1. The number of halogens is 1. The summed E-state index contributed by atoms with van der Waals surface area (Å²) >= 11 is 5.87. The van der Waals surface area contributed by atoms with Crippen molar-refractivity contribution in [3.8, 4) is 11.5 Å². The van der Waals surface area contributed by atoms with E-state index in [4.69, 9.17) is 11.6 Å². The Bertz CT molecular complexity index is 548. The van der Waals surface area contributed by atoms with E-state index in [1.54, 1.807) is 0 Å². The first-order chi connectivity index (χ1) is 9.38. The zero-order valence-corrected chi connectivity index (χ0v) is 11.2. The Labute approximate surface area is 120 Å². The number of alkyl halides is 1. The third-order valence-electron chi connectivity index (χ3n) is 3.24. The first-order valence-electron chi connectivity index (χ1n) is 6.05. The molecule has 3 N–H and O–H groups in total. The number of carbonyl (C=O) groups excluding carboxylic acids is 1. The SMILES string of the molecule is O=C(O)[C@H](Cc1ccc(O)c(O)c1)N1CC(Cl)CC1=O. The minimum absolute atomic E-state index is 0.0402. The van der Waals surface area contributed by atoms with Crippen molar-refractivity contribution in [2.45, 2.75) is 24.3 Å². The first kappa shape index (κ1) is 14.5.